The molecule has 0 aliphatic heterocycles. The summed E-state index contributed by atoms with van der Waals surface area (Å²) in [4.78, 5) is 0. The van der Waals surface area contributed by atoms with Crippen LogP contribution in [0.2, 0.25) is 0 Å². The van der Waals surface area contributed by atoms with Crippen molar-refractivity contribution in [2.24, 2.45) is 0 Å². The molecule has 0 aromatic heterocycles. The fourth-order valence-electron chi connectivity index (χ4n) is 2.65. The van der Waals surface area contributed by atoms with Crippen LogP contribution in [0.15, 0.2) is 12.2 Å². The van der Waals surface area contributed by atoms with Gasteiger partial charge in [0.2, 0.25) is 0 Å². The Morgan fingerprint density at radius 2 is 1.14 bits per heavy atom. The summed E-state index contributed by atoms with van der Waals surface area (Å²) < 4.78 is 17.2. The normalized spacial score (nSPS) is 11.8. The summed E-state index contributed by atoms with van der Waals surface area (Å²) in [5.41, 5.74) is 1.30. The van der Waals surface area contributed by atoms with Gasteiger partial charge >= 0.3 is 0 Å². The number of ether oxygens (including phenoxy) is 3. The Morgan fingerprint density at radius 3 is 1.55 bits per heavy atom. The highest BCUT2D eigenvalue weighted by Crippen LogP contribution is 2.24. The maximum absolute atomic E-state index is 5.74. The Kier molecular flexibility index (Phi) is 14.0. The van der Waals surface area contributed by atoms with Gasteiger partial charge in [-0.3, -0.25) is 0 Å². The largest absolute Gasteiger partial charge is 0.328 e. The van der Waals surface area contributed by atoms with Crippen LogP contribution in [0.4, 0.5) is 0 Å². The highest BCUT2D eigenvalue weighted by Gasteiger charge is 2.31. The molecule has 132 valence electrons. The molecule has 0 unspecified atom stereocenters. The summed E-state index contributed by atoms with van der Waals surface area (Å²) in [6.45, 7) is 13.9. The molecular weight excluding hydrogens is 276 g/mol. The first-order valence-electron chi connectivity index (χ1n) is 9.16. The molecule has 0 N–H and O–H groups in total. The lowest BCUT2D eigenvalue weighted by atomic mass is 10.1. The van der Waals surface area contributed by atoms with Crippen molar-refractivity contribution < 1.29 is 14.2 Å². The molecule has 0 fully saturated rings. The van der Waals surface area contributed by atoms with Gasteiger partial charge in [-0.15, -0.1) is 6.58 Å². The molecule has 0 aliphatic carbocycles. The van der Waals surface area contributed by atoms with E-state index in [0.717, 1.165) is 12.8 Å². The molecule has 0 spiro atoms. The SMILES string of the molecule is C=C(C)CCCCCCCCCC(OCC)(OCC)OCC. The second-order valence-corrected chi connectivity index (χ2v) is 5.91. The first-order valence-corrected chi connectivity index (χ1v) is 9.16. The van der Waals surface area contributed by atoms with Crippen LogP contribution >= 0.6 is 0 Å². The molecule has 22 heavy (non-hydrogen) atoms. The number of allylic oxidation sites excluding steroid dienone is 1. The van der Waals surface area contributed by atoms with Gasteiger partial charge in [-0.05, 0) is 47.0 Å². The fourth-order valence-corrected chi connectivity index (χ4v) is 2.65. The predicted molar refractivity (Wildman–Crippen MR) is 94.0 cm³/mol. The Labute approximate surface area is 138 Å². The highest BCUT2D eigenvalue weighted by molar-refractivity contribution is 4.86. The molecule has 0 aromatic carbocycles. The van der Waals surface area contributed by atoms with E-state index in [-0.39, 0.29) is 0 Å². The van der Waals surface area contributed by atoms with E-state index in [2.05, 4.69) is 13.5 Å². The summed E-state index contributed by atoms with van der Waals surface area (Å²) in [5, 5.41) is 0. The second-order valence-electron chi connectivity index (χ2n) is 5.91. The molecule has 0 bridgehead atoms. The van der Waals surface area contributed by atoms with Gasteiger partial charge in [-0.25, -0.2) is 0 Å². The third-order valence-electron chi connectivity index (χ3n) is 3.68. The van der Waals surface area contributed by atoms with Crippen molar-refractivity contribution >= 4 is 0 Å². The number of unbranched alkanes of at least 4 members (excludes halogenated alkanes) is 6. The van der Waals surface area contributed by atoms with Crippen molar-refractivity contribution in [1.29, 1.82) is 0 Å². The van der Waals surface area contributed by atoms with Crippen molar-refractivity contribution in [3.8, 4) is 0 Å². The first kappa shape index (κ1) is 21.6. The monoisotopic (exact) mass is 314 g/mol. The molecular formula is C19H38O3. The van der Waals surface area contributed by atoms with Gasteiger partial charge < -0.3 is 14.2 Å². The average Bonchev–Trinajstić information content (AvgIpc) is 2.46. The summed E-state index contributed by atoms with van der Waals surface area (Å²) in [6.07, 6.45) is 10.9. The van der Waals surface area contributed by atoms with Crippen LogP contribution in [0.3, 0.4) is 0 Å². The van der Waals surface area contributed by atoms with Crippen LogP contribution in [0.25, 0.3) is 0 Å². The molecule has 3 nitrogen and oxygen atoms in total. The maximum Gasteiger partial charge on any atom is 0.282 e. The first-order chi connectivity index (χ1) is 10.6. The van der Waals surface area contributed by atoms with E-state index >= 15 is 0 Å². The summed E-state index contributed by atoms with van der Waals surface area (Å²) >= 11 is 0. The molecule has 0 heterocycles. The topological polar surface area (TPSA) is 27.7 Å². The molecule has 0 rings (SSSR count). The van der Waals surface area contributed by atoms with Crippen LogP contribution in [0, 0.1) is 0 Å². The fraction of sp³-hybridized carbons (Fsp3) is 0.895. The van der Waals surface area contributed by atoms with Gasteiger partial charge in [0.15, 0.2) is 0 Å². The van der Waals surface area contributed by atoms with E-state index in [4.69, 9.17) is 14.2 Å². The van der Waals surface area contributed by atoms with E-state index in [1.165, 1.54) is 50.5 Å². The Bertz CT molecular complexity index is 246. The van der Waals surface area contributed by atoms with E-state index in [1.807, 2.05) is 20.8 Å². The third-order valence-corrected chi connectivity index (χ3v) is 3.68. The summed E-state index contributed by atoms with van der Waals surface area (Å²) in [7, 11) is 0. The van der Waals surface area contributed by atoms with E-state index in [9.17, 15) is 0 Å². The maximum atomic E-state index is 5.74. The quantitative estimate of drug-likeness (QED) is 0.203. The second kappa shape index (κ2) is 14.2. The minimum atomic E-state index is -0.820. The predicted octanol–water partition coefficient (Wildman–Crippen LogP) is 5.84. The smallest absolute Gasteiger partial charge is 0.282 e. The minimum absolute atomic E-state index is 0.614. The van der Waals surface area contributed by atoms with Gasteiger partial charge in [0.25, 0.3) is 5.97 Å². The van der Waals surface area contributed by atoms with Crippen molar-refractivity contribution in [2.75, 3.05) is 19.8 Å². The number of hydrogen-bond acceptors (Lipinski definition) is 3. The lowest BCUT2D eigenvalue weighted by molar-refractivity contribution is -0.380. The van der Waals surface area contributed by atoms with E-state index in [1.54, 1.807) is 0 Å². The van der Waals surface area contributed by atoms with Crippen molar-refractivity contribution in [1.82, 2.24) is 0 Å². The van der Waals surface area contributed by atoms with Gasteiger partial charge in [-0.2, -0.15) is 0 Å². The van der Waals surface area contributed by atoms with Gasteiger partial charge in [0.1, 0.15) is 0 Å². The van der Waals surface area contributed by atoms with Crippen LogP contribution in [0.5, 0.6) is 0 Å². The van der Waals surface area contributed by atoms with Crippen LogP contribution in [0.1, 0.15) is 85.5 Å². The summed E-state index contributed by atoms with van der Waals surface area (Å²) in [5.74, 6) is -0.820. The standard InChI is InChI=1S/C19H38O3/c1-6-20-19(21-7-2,22-8-3)17-15-13-11-9-10-12-14-16-18(4)5/h4,6-17H2,1-3,5H3. The van der Waals surface area contributed by atoms with Gasteiger partial charge in [0.05, 0.1) is 0 Å². The molecule has 0 amide bonds. The van der Waals surface area contributed by atoms with Crippen LogP contribution in [-0.4, -0.2) is 25.8 Å². The zero-order valence-electron chi connectivity index (χ0n) is 15.4. The zero-order valence-corrected chi connectivity index (χ0v) is 15.4. The molecule has 0 aromatic rings. The lowest BCUT2D eigenvalue weighted by Gasteiger charge is -2.32. The zero-order chi connectivity index (χ0) is 16.7. The Hall–Kier alpha value is -0.380. The number of rotatable bonds is 16. The molecule has 3 heteroatoms. The highest BCUT2D eigenvalue weighted by atomic mass is 16.9. The third kappa shape index (κ3) is 11.2. The number of hydrogen-bond donors (Lipinski definition) is 0. The molecule has 0 saturated heterocycles. The van der Waals surface area contributed by atoms with Gasteiger partial charge in [0, 0.05) is 26.2 Å². The van der Waals surface area contributed by atoms with Crippen LogP contribution in [-0.2, 0) is 14.2 Å². The van der Waals surface area contributed by atoms with Gasteiger partial charge in [-0.1, -0.05) is 37.7 Å². The Morgan fingerprint density at radius 1 is 0.727 bits per heavy atom. The Balaban J connectivity index is 3.77. The minimum Gasteiger partial charge on any atom is -0.328 e. The van der Waals surface area contributed by atoms with E-state index in [0.29, 0.717) is 19.8 Å². The van der Waals surface area contributed by atoms with Crippen molar-refractivity contribution in [2.45, 2.75) is 91.5 Å². The molecule has 0 atom stereocenters. The summed E-state index contributed by atoms with van der Waals surface area (Å²) in [6, 6.07) is 0. The molecule has 0 saturated carbocycles. The molecule has 0 aliphatic rings. The van der Waals surface area contributed by atoms with Crippen molar-refractivity contribution in [3.63, 3.8) is 0 Å². The average molecular weight is 315 g/mol. The lowest BCUT2D eigenvalue weighted by Crippen LogP contribution is -2.39. The molecule has 0 radical (unpaired) electrons. The van der Waals surface area contributed by atoms with Crippen molar-refractivity contribution in [3.05, 3.63) is 12.2 Å². The van der Waals surface area contributed by atoms with E-state index < -0.39 is 5.97 Å². The van der Waals surface area contributed by atoms with Crippen LogP contribution < -0.4 is 0 Å².